The largest absolute Gasteiger partial charge is 0.455 e. The lowest BCUT2D eigenvalue weighted by molar-refractivity contribution is -0.347. The molecule has 43 heavy (non-hydrogen) atoms. The SMILES string of the molecule is CO[C@H]1C[C@H]2OC[C@@]2(OC(C)=O)[C@H]2[C@H](OC(=O)c3ccccc3)[C@]3(O)C[C@H](O)C(C)=C([C@@H](OC(C)=O)C(=O)[C@]12C)C3(C)C. The van der Waals surface area contributed by atoms with E-state index in [1.165, 1.54) is 21.0 Å². The fourth-order valence-corrected chi connectivity index (χ4v) is 8.23. The first-order valence-corrected chi connectivity index (χ1v) is 14.5. The van der Waals surface area contributed by atoms with Crippen molar-refractivity contribution in [1.82, 2.24) is 0 Å². The molecule has 2 saturated carbocycles. The van der Waals surface area contributed by atoms with E-state index in [0.29, 0.717) is 5.57 Å². The Balaban J connectivity index is 1.86. The lowest BCUT2D eigenvalue weighted by Gasteiger charge is -2.67. The number of hydrogen-bond acceptors (Lipinski definition) is 11. The van der Waals surface area contributed by atoms with Gasteiger partial charge in [-0.1, -0.05) is 32.0 Å². The maximum absolute atomic E-state index is 15.0. The van der Waals surface area contributed by atoms with Crippen molar-refractivity contribution in [2.75, 3.05) is 13.7 Å². The van der Waals surface area contributed by atoms with Crippen LogP contribution in [0.1, 0.15) is 64.7 Å². The van der Waals surface area contributed by atoms with Gasteiger partial charge in [-0.25, -0.2) is 4.79 Å². The summed E-state index contributed by atoms with van der Waals surface area (Å²) in [6.07, 6.45) is -6.10. The van der Waals surface area contributed by atoms with E-state index < -0.39 is 82.2 Å². The second-order valence-electron chi connectivity index (χ2n) is 13.0. The predicted octanol–water partition coefficient (Wildman–Crippen LogP) is 2.31. The molecule has 2 bridgehead atoms. The Labute approximate surface area is 250 Å². The van der Waals surface area contributed by atoms with Crippen LogP contribution in [-0.4, -0.2) is 89.3 Å². The summed E-state index contributed by atoms with van der Waals surface area (Å²) in [4.78, 5) is 54.0. The fourth-order valence-electron chi connectivity index (χ4n) is 8.23. The van der Waals surface area contributed by atoms with Crippen LogP contribution in [0.15, 0.2) is 41.5 Å². The zero-order valence-electron chi connectivity index (χ0n) is 25.5. The van der Waals surface area contributed by atoms with Crippen molar-refractivity contribution in [3.05, 3.63) is 47.0 Å². The Hall–Kier alpha value is -3.12. The quantitative estimate of drug-likeness (QED) is 0.291. The van der Waals surface area contributed by atoms with Crippen LogP contribution in [0, 0.1) is 16.7 Å². The van der Waals surface area contributed by atoms with Gasteiger partial charge in [-0.3, -0.25) is 14.4 Å². The summed E-state index contributed by atoms with van der Waals surface area (Å²) in [7, 11) is 1.43. The third kappa shape index (κ3) is 4.38. The molecule has 2 N–H and O–H groups in total. The zero-order chi connectivity index (χ0) is 31.7. The van der Waals surface area contributed by atoms with E-state index >= 15 is 4.79 Å². The third-order valence-electron chi connectivity index (χ3n) is 10.5. The number of aliphatic hydroxyl groups excluding tert-OH is 1. The number of carbonyl (C=O) groups is 4. The number of rotatable bonds is 5. The minimum Gasteiger partial charge on any atom is -0.455 e. The van der Waals surface area contributed by atoms with Crippen LogP contribution in [0.4, 0.5) is 0 Å². The van der Waals surface area contributed by atoms with E-state index in [0.717, 1.165) is 0 Å². The molecule has 11 nitrogen and oxygen atoms in total. The molecule has 1 heterocycles. The Morgan fingerprint density at radius 3 is 2.21 bits per heavy atom. The number of Topliss-reactive ketones (excluding diaryl/α,β-unsaturated/α-hetero) is 1. The van der Waals surface area contributed by atoms with Crippen LogP contribution in [0.2, 0.25) is 0 Å². The van der Waals surface area contributed by atoms with Gasteiger partial charge in [0.25, 0.3) is 0 Å². The van der Waals surface area contributed by atoms with E-state index in [4.69, 9.17) is 23.7 Å². The van der Waals surface area contributed by atoms with Crippen LogP contribution < -0.4 is 0 Å². The Kier molecular flexibility index (Phi) is 7.65. The van der Waals surface area contributed by atoms with Gasteiger partial charge in [0.15, 0.2) is 17.5 Å². The van der Waals surface area contributed by atoms with E-state index in [-0.39, 0.29) is 30.6 Å². The van der Waals surface area contributed by atoms with Crippen LogP contribution in [0.5, 0.6) is 0 Å². The molecule has 3 aliphatic carbocycles. The van der Waals surface area contributed by atoms with E-state index in [1.54, 1.807) is 58.0 Å². The third-order valence-corrected chi connectivity index (χ3v) is 10.5. The summed E-state index contributed by atoms with van der Waals surface area (Å²) in [6.45, 7) is 8.83. The highest BCUT2D eigenvalue weighted by molar-refractivity contribution is 5.95. The molecule has 1 aromatic carbocycles. The summed E-state index contributed by atoms with van der Waals surface area (Å²) in [5.41, 5.74) is -5.83. The molecule has 11 heteroatoms. The molecule has 0 aromatic heterocycles. The molecule has 0 amide bonds. The molecule has 1 aromatic rings. The molecular weight excluding hydrogens is 560 g/mol. The van der Waals surface area contributed by atoms with Crippen molar-refractivity contribution in [3.63, 3.8) is 0 Å². The highest BCUT2D eigenvalue weighted by atomic mass is 16.6. The normalized spacial score (nSPS) is 39.7. The average Bonchev–Trinajstić information content (AvgIpc) is 2.92. The first-order chi connectivity index (χ1) is 20.1. The molecule has 1 saturated heterocycles. The maximum Gasteiger partial charge on any atom is 0.338 e. The molecule has 0 spiro atoms. The standard InChI is InChI=1S/C32H40O11/c1-16-20(35)14-32(38)27(42-28(37)19-11-9-8-10-12-19)25-30(6,26(36)24(41-17(2)33)23(16)29(32,4)5)21(39-7)13-22-31(25,15-40-22)43-18(3)34/h8-12,20-22,24-25,27,35,38H,13-15H2,1-7H3/t20-,21-,22+,24+,25-,27-,30+,31-,32+/m0/s1. The van der Waals surface area contributed by atoms with Gasteiger partial charge < -0.3 is 33.9 Å². The Bertz CT molecular complexity index is 1370. The van der Waals surface area contributed by atoms with E-state index in [1.807, 2.05) is 0 Å². The topological polar surface area (TPSA) is 155 Å². The Morgan fingerprint density at radius 2 is 1.67 bits per heavy atom. The number of fused-ring (bicyclic) bond motifs is 5. The molecule has 0 radical (unpaired) electrons. The zero-order valence-corrected chi connectivity index (χ0v) is 25.5. The molecule has 3 fully saturated rings. The molecule has 4 aliphatic rings. The Morgan fingerprint density at radius 1 is 1.02 bits per heavy atom. The van der Waals surface area contributed by atoms with Crippen molar-refractivity contribution in [1.29, 1.82) is 0 Å². The lowest BCUT2D eigenvalue weighted by atomic mass is 9.44. The number of methoxy groups -OCH3 is 1. The van der Waals surface area contributed by atoms with Gasteiger partial charge in [-0.2, -0.15) is 0 Å². The second-order valence-corrected chi connectivity index (χ2v) is 13.0. The highest BCUT2D eigenvalue weighted by Gasteiger charge is 2.78. The van der Waals surface area contributed by atoms with Gasteiger partial charge in [0, 0.05) is 39.2 Å². The van der Waals surface area contributed by atoms with Crippen molar-refractivity contribution in [2.24, 2.45) is 16.7 Å². The van der Waals surface area contributed by atoms with E-state index in [2.05, 4.69) is 0 Å². The monoisotopic (exact) mass is 600 g/mol. The molecule has 1 aliphatic heterocycles. The lowest BCUT2D eigenvalue weighted by Crippen LogP contribution is -2.82. The number of carbonyl (C=O) groups excluding carboxylic acids is 4. The first kappa shape index (κ1) is 31.3. The van der Waals surface area contributed by atoms with Crippen molar-refractivity contribution in [2.45, 2.75) is 96.1 Å². The van der Waals surface area contributed by atoms with Gasteiger partial charge in [-0.15, -0.1) is 0 Å². The maximum atomic E-state index is 15.0. The smallest absolute Gasteiger partial charge is 0.338 e. The second kappa shape index (κ2) is 10.5. The summed E-state index contributed by atoms with van der Waals surface area (Å²) in [5.74, 6) is -4.00. The molecule has 5 rings (SSSR count). The predicted molar refractivity (Wildman–Crippen MR) is 150 cm³/mol. The number of ketones is 1. The van der Waals surface area contributed by atoms with Crippen LogP contribution in [0.25, 0.3) is 0 Å². The van der Waals surface area contributed by atoms with E-state index in [9.17, 15) is 24.6 Å². The number of aliphatic hydroxyl groups is 2. The minimum atomic E-state index is -2.06. The summed E-state index contributed by atoms with van der Waals surface area (Å²) in [5, 5.41) is 24.3. The van der Waals surface area contributed by atoms with Crippen LogP contribution >= 0.6 is 0 Å². The highest BCUT2D eigenvalue weighted by Crippen LogP contribution is 2.64. The number of ether oxygens (including phenoxy) is 5. The number of benzene rings is 1. The summed E-state index contributed by atoms with van der Waals surface area (Å²) in [6, 6.07) is 8.18. The fraction of sp³-hybridized carbons (Fsp3) is 0.625. The molecule has 234 valence electrons. The number of esters is 3. The van der Waals surface area contributed by atoms with Gasteiger partial charge in [0.2, 0.25) is 0 Å². The molecule has 0 unspecified atom stereocenters. The van der Waals surface area contributed by atoms with Gasteiger partial charge >= 0.3 is 17.9 Å². The van der Waals surface area contributed by atoms with Crippen LogP contribution in [-0.2, 0) is 38.1 Å². The van der Waals surface area contributed by atoms with Crippen molar-refractivity contribution >= 4 is 23.7 Å². The summed E-state index contributed by atoms with van der Waals surface area (Å²) < 4.78 is 29.9. The minimum absolute atomic E-state index is 0.136. The van der Waals surface area contributed by atoms with Gasteiger partial charge in [0.05, 0.1) is 35.7 Å². The first-order valence-electron chi connectivity index (χ1n) is 14.5. The van der Waals surface area contributed by atoms with Gasteiger partial charge in [-0.05, 0) is 37.1 Å². The van der Waals surface area contributed by atoms with Crippen LogP contribution in [0.3, 0.4) is 0 Å². The molecule has 9 atom stereocenters. The average molecular weight is 601 g/mol. The summed E-state index contributed by atoms with van der Waals surface area (Å²) >= 11 is 0. The van der Waals surface area contributed by atoms with Gasteiger partial charge in [0.1, 0.15) is 17.8 Å². The number of hydrogen-bond donors (Lipinski definition) is 2. The van der Waals surface area contributed by atoms with Crippen molar-refractivity contribution in [3.8, 4) is 0 Å². The molecular formula is C32H40O11. The van der Waals surface area contributed by atoms with Crippen molar-refractivity contribution < 1.29 is 53.1 Å².